The number of nitrogens with zero attached hydrogens (tertiary/aromatic N) is 1. The van der Waals surface area contributed by atoms with Gasteiger partial charge in [-0.05, 0) is 24.3 Å². The topological polar surface area (TPSA) is 95.1 Å². The Bertz CT molecular complexity index is 924. The van der Waals surface area contributed by atoms with Crippen LogP contribution in [0.1, 0.15) is 0 Å². The third-order valence-corrected chi connectivity index (χ3v) is 4.15. The van der Waals surface area contributed by atoms with Gasteiger partial charge < -0.3 is 15.4 Å². The van der Waals surface area contributed by atoms with Crippen LogP contribution in [0.15, 0.2) is 70.6 Å². The van der Waals surface area contributed by atoms with Gasteiger partial charge in [-0.15, -0.1) is 0 Å². The maximum absolute atomic E-state index is 12.0. The Morgan fingerprint density at radius 3 is 2.56 bits per heavy atom. The van der Waals surface area contributed by atoms with E-state index < -0.39 is 0 Å². The lowest BCUT2D eigenvalue weighted by molar-refractivity contribution is -0.113. The summed E-state index contributed by atoms with van der Waals surface area (Å²) < 4.78 is 0. The van der Waals surface area contributed by atoms with Crippen molar-refractivity contribution < 1.29 is 9.90 Å². The summed E-state index contributed by atoms with van der Waals surface area (Å²) in [5.41, 5.74) is 1.72. The molecule has 126 valence electrons. The molecule has 0 saturated heterocycles. The molecule has 2 aromatic carbocycles. The Labute approximate surface area is 148 Å². The predicted octanol–water partition coefficient (Wildman–Crippen LogP) is 2.87. The molecule has 25 heavy (non-hydrogen) atoms. The van der Waals surface area contributed by atoms with Crippen LogP contribution in [-0.4, -0.2) is 26.7 Å². The Morgan fingerprint density at radius 2 is 1.84 bits per heavy atom. The third kappa shape index (κ3) is 4.71. The highest BCUT2D eigenvalue weighted by Crippen LogP contribution is 2.19. The molecule has 0 unspecified atom stereocenters. The summed E-state index contributed by atoms with van der Waals surface area (Å²) in [6.07, 6.45) is 0. The van der Waals surface area contributed by atoms with Crippen LogP contribution >= 0.6 is 11.8 Å². The van der Waals surface area contributed by atoms with Gasteiger partial charge in [0.15, 0.2) is 5.16 Å². The van der Waals surface area contributed by atoms with Crippen molar-refractivity contribution in [3.63, 3.8) is 0 Å². The molecule has 0 saturated carbocycles. The molecule has 3 rings (SSSR count). The fourth-order valence-corrected chi connectivity index (χ4v) is 2.81. The highest BCUT2D eigenvalue weighted by atomic mass is 32.2. The maximum Gasteiger partial charge on any atom is 0.252 e. The molecule has 0 spiro atoms. The number of aromatic hydroxyl groups is 1. The second kappa shape index (κ2) is 7.67. The minimum absolute atomic E-state index is 0.0993. The molecule has 0 aliphatic rings. The summed E-state index contributed by atoms with van der Waals surface area (Å²) in [4.78, 5) is 30.8. The summed E-state index contributed by atoms with van der Waals surface area (Å²) in [6, 6.07) is 17.0. The van der Waals surface area contributed by atoms with Crippen molar-refractivity contribution in [1.82, 2.24) is 9.97 Å². The van der Waals surface area contributed by atoms with E-state index in [-0.39, 0.29) is 23.0 Å². The van der Waals surface area contributed by atoms with E-state index in [1.165, 1.54) is 18.2 Å². The molecule has 6 nitrogen and oxygen atoms in total. The van der Waals surface area contributed by atoms with E-state index in [1.807, 2.05) is 30.3 Å². The molecule has 0 fully saturated rings. The van der Waals surface area contributed by atoms with E-state index >= 15 is 0 Å². The van der Waals surface area contributed by atoms with E-state index in [0.29, 0.717) is 16.5 Å². The predicted molar refractivity (Wildman–Crippen MR) is 97.8 cm³/mol. The van der Waals surface area contributed by atoms with Gasteiger partial charge in [0.05, 0.1) is 11.4 Å². The lowest BCUT2D eigenvalue weighted by Crippen LogP contribution is -2.15. The highest BCUT2D eigenvalue weighted by Gasteiger charge is 2.08. The van der Waals surface area contributed by atoms with Gasteiger partial charge in [-0.3, -0.25) is 9.59 Å². The molecule has 0 radical (unpaired) electrons. The number of aromatic amines is 1. The number of nitrogens with one attached hydrogen (secondary N) is 2. The maximum atomic E-state index is 12.0. The van der Waals surface area contributed by atoms with E-state index in [2.05, 4.69) is 15.3 Å². The van der Waals surface area contributed by atoms with Gasteiger partial charge in [-0.25, -0.2) is 4.98 Å². The molecule has 1 amide bonds. The highest BCUT2D eigenvalue weighted by molar-refractivity contribution is 7.99. The standard InChI is InChI=1S/C18H15N3O3S/c22-14-8-6-13(7-9-14)19-17(24)11-25-18-20-15(10-16(23)21-18)12-4-2-1-3-5-12/h1-10,22H,11H2,(H,19,24)(H,20,21,23). The number of hydrogen-bond donors (Lipinski definition) is 3. The van der Waals surface area contributed by atoms with Gasteiger partial charge in [-0.2, -0.15) is 0 Å². The van der Waals surface area contributed by atoms with Gasteiger partial charge in [0.1, 0.15) is 5.75 Å². The Morgan fingerprint density at radius 1 is 1.12 bits per heavy atom. The number of anilines is 1. The number of benzene rings is 2. The molecular formula is C18H15N3O3S. The van der Waals surface area contributed by atoms with Gasteiger partial charge in [-0.1, -0.05) is 42.1 Å². The summed E-state index contributed by atoms with van der Waals surface area (Å²) >= 11 is 1.15. The van der Waals surface area contributed by atoms with Gasteiger partial charge >= 0.3 is 0 Å². The molecule has 0 atom stereocenters. The Hall–Kier alpha value is -3.06. The van der Waals surface area contributed by atoms with Crippen LogP contribution < -0.4 is 10.9 Å². The van der Waals surface area contributed by atoms with Crippen molar-refractivity contribution in [2.45, 2.75) is 5.16 Å². The van der Waals surface area contributed by atoms with E-state index in [1.54, 1.807) is 12.1 Å². The smallest absolute Gasteiger partial charge is 0.252 e. The second-order valence-corrected chi connectivity index (χ2v) is 6.15. The number of amides is 1. The Kier molecular flexibility index (Phi) is 5.15. The van der Waals surface area contributed by atoms with E-state index in [0.717, 1.165) is 17.3 Å². The molecule has 1 heterocycles. The van der Waals surface area contributed by atoms with Crippen molar-refractivity contribution in [3.05, 3.63) is 71.0 Å². The molecule has 7 heteroatoms. The van der Waals surface area contributed by atoms with Gasteiger partial charge in [0.2, 0.25) is 5.91 Å². The van der Waals surface area contributed by atoms with Gasteiger partial charge in [0.25, 0.3) is 5.56 Å². The number of H-pyrrole nitrogens is 1. The molecule has 1 aromatic heterocycles. The first-order valence-electron chi connectivity index (χ1n) is 7.48. The Balaban J connectivity index is 1.67. The van der Waals surface area contributed by atoms with Crippen LogP contribution in [0.2, 0.25) is 0 Å². The van der Waals surface area contributed by atoms with Gasteiger partial charge in [0, 0.05) is 17.3 Å². The van der Waals surface area contributed by atoms with Crippen LogP contribution in [0.5, 0.6) is 5.75 Å². The van der Waals surface area contributed by atoms with Crippen molar-refractivity contribution >= 4 is 23.4 Å². The number of thioether (sulfide) groups is 1. The van der Waals surface area contributed by atoms with Crippen LogP contribution in [0.4, 0.5) is 5.69 Å². The molecule has 3 N–H and O–H groups in total. The molecule has 3 aromatic rings. The SMILES string of the molecule is O=C(CSc1nc(-c2ccccc2)cc(=O)[nH]1)Nc1ccc(O)cc1. The first kappa shape index (κ1) is 16.8. The van der Waals surface area contributed by atoms with Crippen LogP contribution in [-0.2, 0) is 4.79 Å². The third-order valence-electron chi connectivity index (χ3n) is 3.28. The second-order valence-electron chi connectivity index (χ2n) is 5.19. The quantitative estimate of drug-likeness (QED) is 0.372. The number of hydrogen-bond acceptors (Lipinski definition) is 5. The lowest BCUT2D eigenvalue weighted by Gasteiger charge is -2.06. The molecule has 0 aliphatic heterocycles. The zero-order valence-corrected chi connectivity index (χ0v) is 13.9. The van der Waals surface area contributed by atoms with Crippen molar-refractivity contribution in [2.75, 3.05) is 11.1 Å². The van der Waals surface area contributed by atoms with Crippen molar-refractivity contribution in [1.29, 1.82) is 0 Å². The normalized spacial score (nSPS) is 10.4. The number of aromatic nitrogens is 2. The van der Waals surface area contributed by atoms with E-state index in [9.17, 15) is 14.7 Å². The lowest BCUT2D eigenvalue weighted by atomic mass is 10.1. The number of carbonyl (C=O) groups is 1. The average molecular weight is 353 g/mol. The summed E-state index contributed by atoms with van der Waals surface area (Å²) in [5, 5.41) is 12.3. The van der Waals surface area contributed by atoms with Crippen LogP contribution in [0.25, 0.3) is 11.3 Å². The molecule has 0 bridgehead atoms. The van der Waals surface area contributed by atoms with Crippen LogP contribution in [0.3, 0.4) is 0 Å². The zero-order valence-electron chi connectivity index (χ0n) is 13.1. The summed E-state index contributed by atoms with van der Waals surface area (Å²) in [5.74, 6) is -0.00228. The summed E-state index contributed by atoms with van der Waals surface area (Å²) in [7, 11) is 0. The fraction of sp³-hybridized carbons (Fsp3) is 0.0556. The first-order chi connectivity index (χ1) is 12.1. The monoisotopic (exact) mass is 353 g/mol. The van der Waals surface area contributed by atoms with E-state index in [4.69, 9.17) is 0 Å². The number of rotatable bonds is 5. The fourth-order valence-electron chi connectivity index (χ4n) is 2.14. The van der Waals surface area contributed by atoms with Crippen LogP contribution in [0, 0.1) is 0 Å². The largest absolute Gasteiger partial charge is 0.508 e. The minimum Gasteiger partial charge on any atom is -0.508 e. The first-order valence-corrected chi connectivity index (χ1v) is 8.47. The number of phenolic OH excluding ortho intramolecular Hbond substituents is 1. The number of phenols is 1. The minimum atomic E-state index is -0.268. The van der Waals surface area contributed by atoms with Crippen molar-refractivity contribution in [2.24, 2.45) is 0 Å². The average Bonchev–Trinajstić information content (AvgIpc) is 2.62. The summed E-state index contributed by atoms with van der Waals surface area (Å²) in [6.45, 7) is 0. The molecule has 0 aliphatic carbocycles. The zero-order chi connectivity index (χ0) is 17.6. The number of carbonyl (C=O) groups excluding carboxylic acids is 1. The van der Waals surface area contributed by atoms with Crippen molar-refractivity contribution in [3.8, 4) is 17.0 Å². The molecular weight excluding hydrogens is 338 g/mol.